The average molecular weight is 471 g/mol. The molecule has 1 aliphatic heterocycles. The number of para-hydroxylation sites is 2. The lowest BCUT2D eigenvalue weighted by molar-refractivity contribution is -0.117. The van der Waals surface area contributed by atoms with Crippen molar-refractivity contribution in [1.82, 2.24) is 9.80 Å². The summed E-state index contributed by atoms with van der Waals surface area (Å²) < 4.78 is 0. The lowest BCUT2D eigenvalue weighted by atomic mass is 10.1. The van der Waals surface area contributed by atoms with Crippen LogP contribution in [0.15, 0.2) is 78.9 Å². The smallest absolute Gasteiger partial charge is 0.256 e. The number of nitrogens with one attached hydrogen (secondary N) is 2. The van der Waals surface area contributed by atoms with E-state index in [1.54, 1.807) is 53.4 Å². The first-order valence-electron chi connectivity index (χ1n) is 11.9. The number of aryl methyl sites for hydroxylation is 1. The summed E-state index contributed by atoms with van der Waals surface area (Å²) in [6, 6.07) is 23.8. The predicted octanol–water partition coefficient (Wildman–Crippen LogP) is 3.90. The maximum absolute atomic E-state index is 13.3. The van der Waals surface area contributed by atoms with Crippen LogP contribution in [-0.4, -0.2) is 60.2 Å². The molecule has 2 N–H and O–H groups in total. The molecule has 1 saturated heterocycles. The highest BCUT2D eigenvalue weighted by Crippen LogP contribution is 2.20. The molecule has 180 valence electrons. The van der Waals surface area contributed by atoms with Gasteiger partial charge in [0.15, 0.2) is 0 Å². The van der Waals surface area contributed by atoms with Crippen LogP contribution >= 0.6 is 0 Å². The summed E-state index contributed by atoms with van der Waals surface area (Å²) in [5, 5.41) is 5.87. The van der Waals surface area contributed by atoms with Crippen molar-refractivity contribution in [2.24, 2.45) is 0 Å². The predicted molar refractivity (Wildman–Crippen MR) is 138 cm³/mol. The normalized spacial score (nSPS) is 13.8. The minimum absolute atomic E-state index is 0.0559. The van der Waals surface area contributed by atoms with Gasteiger partial charge in [-0.1, -0.05) is 55.5 Å². The molecule has 4 rings (SSSR count). The Morgan fingerprint density at radius 3 is 2.09 bits per heavy atom. The molecule has 0 aromatic heterocycles. The number of amides is 3. The van der Waals surface area contributed by atoms with Crippen LogP contribution in [0.2, 0.25) is 0 Å². The van der Waals surface area contributed by atoms with Crippen LogP contribution in [0.5, 0.6) is 0 Å². The van der Waals surface area contributed by atoms with Crippen LogP contribution in [0.25, 0.3) is 0 Å². The summed E-state index contributed by atoms with van der Waals surface area (Å²) in [7, 11) is 0. The third-order valence-electron chi connectivity index (χ3n) is 6.14. The molecular formula is C28H30N4O3. The van der Waals surface area contributed by atoms with Gasteiger partial charge in [-0.3, -0.25) is 19.3 Å². The average Bonchev–Trinajstić information content (AvgIpc) is 2.90. The molecule has 0 radical (unpaired) electrons. The quantitative estimate of drug-likeness (QED) is 0.549. The van der Waals surface area contributed by atoms with E-state index in [4.69, 9.17) is 0 Å². The third-order valence-corrected chi connectivity index (χ3v) is 6.14. The number of rotatable bonds is 7. The van der Waals surface area contributed by atoms with Gasteiger partial charge >= 0.3 is 0 Å². The summed E-state index contributed by atoms with van der Waals surface area (Å²) in [5.41, 5.74) is 3.43. The summed E-state index contributed by atoms with van der Waals surface area (Å²) >= 11 is 0. The Kier molecular flexibility index (Phi) is 7.90. The van der Waals surface area contributed by atoms with Crippen LogP contribution in [0.4, 0.5) is 11.4 Å². The van der Waals surface area contributed by atoms with E-state index in [2.05, 4.69) is 22.5 Å². The number of nitrogens with zero attached hydrogens (tertiary/aromatic N) is 2. The van der Waals surface area contributed by atoms with Crippen molar-refractivity contribution in [2.75, 3.05) is 43.4 Å². The number of benzene rings is 3. The van der Waals surface area contributed by atoms with Crippen LogP contribution in [0.1, 0.15) is 33.2 Å². The van der Waals surface area contributed by atoms with Gasteiger partial charge in [0.1, 0.15) is 0 Å². The maximum atomic E-state index is 13.3. The number of anilines is 2. The molecule has 3 aromatic rings. The highest BCUT2D eigenvalue weighted by molar-refractivity contribution is 6.09. The van der Waals surface area contributed by atoms with Crippen molar-refractivity contribution in [3.63, 3.8) is 0 Å². The minimum Gasteiger partial charge on any atom is -0.336 e. The van der Waals surface area contributed by atoms with Crippen LogP contribution in [0, 0.1) is 0 Å². The Morgan fingerprint density at radius 1 is 0.743 bits per heavy atom. The van der Waals surface area contributed by atoms with E-state index in [0.717, 1.165) is 17.7 Å². The van der Waals surface area contributed by atoms with Crippen molar-refractivity contribution in [1.29, 1.82) is 0 Å². The molecule has 0 saturated carbocycles. The fourth-order valence-corrected chi connectivity index (χ4v) is 4.19. The second kappa shape index (κ2) is 11.4. The first-order chi connectivity index (χ1) is 17.0. The highest BCUT2D eigenvalue weighted by Gasteiger charge is 2.25. The van der Waals surface area contributed by atoms with Gasteiger partial charge < -0.3 is 15.5 Å². The number of carbonyl (C=O) groups is 3. The van der Waals surface area contributed by atoms with E-state index >= 15 is 0 Å². The zero-order valence-corrected chi connectivity index (χ0v) is 19.9. The molecule has 1 aliphatic rings. The first-order valence-corrected chi connectivity index (χ1v) is 11.9. The SMILES string of the molecule is CCc1ccccc1NC(=O)CN1CCN(C(=O)c2ccccc2NC(=O)c2ccccc2)CC1. The summed E-state index contributed by atoms with van der Waals surface area (Å²) in [4.78, 5) is 42.3. The van der Waals surface area contributed by atoms with Crippen molar-refractivity contribution in [3.05, 3.63) is 95.6 Å². The molecule has 0 unspecified atom stereocenters. The van der Waals surface area contributed by atoms with Gasteiger partial charge in [-0.05, 0) is 42.3 Å². The zero-order valence-electron chi connectivity index (χ0n) is 19.9. The maximum Gasteiger partial charge on any atom is 0.256 e. The summed E-state index contributed by atoms with van der Waals surface area (Å²) in [5.74, 6) is -0.444. The van der Waals surface area contributed by atoms with Crippen molar-refractivity contribution < 1.29 is 14.4 Å². The van der Waals surface area contributed by atoms with E-state index in [-0.39, 0.29) is 24.3 Å². The van der Waals surface area contributed by atoms with Gasteiger partial charge in [-0.15, -0.1) is 0 Å². The molecule has 1 heterocycles. The van der Waals surface area contributed by atoms with Gasteiger partial charge in [-0.2, -0.15) is 0 Å². The van der Waals surface area contributed by atoms with E-state index in [0.29, 0.717) is 43.0 Å². The second-order valence-corrected chi connectivity index (χ2v) is 8.49. The Bertz CT molecular complexity index is 1190. The van der Waals surface area contributed by atoms with Crippen LogP contribution < -0.4 is 10.6 Å². The topological polar surface area (TPSA) is 81.8 Å². The fraction of sp³-hybridized carbons (Fsp3) is 0.250. The van der Waals surface area contributed by atoms with Crippen molar-refractivity contribution in [3.8, 4) is 0 Å². The molecular weight excluding hydrogens is 440 g/mol. The molecule has 7 nitrogen and oxygen atoms in total. The molecule has 1 fully saturated rings. The Labute approximate surface area is 205 Å². The lowest BCUT2D eigenvalue weighted by Crippen LogP contribution is -2.50. The van der Waals surface area contributed by atoms with Crippen LogP contribution in [0.3, 0.4) is 0 Å². The lowest BCUT2D eigenvalue weighted by Gasteiger charge is -2.34. The number of hydrogen-bond donors (Lipinski definition) is 2. The fourth-order valence-electron chi connectivity index (χ4n) is 4.19. The van der Waals surface area contributed by atoms with Gasteiger partial charge in [0.05, 0.1) is 17.8 Å². The van der Waals surface area contributed by atoms with E-state index in [9.17, 15) is 14.4 Å². The first kappa shape index (κ1) is 24.2. The van der Waals surface area contributed by atoms with Gasteiger partial charge in [0.25, 0.3) is 11.8 Å². The number of hydrogen-bond acceptors (Lipinski definition) is 4. The molecule has 0 bridgehead atoms. The van der Waals surface area contributed by atoms with Gasteiger partial charge in [0.2, 0.25) is 5.91 Å². The third kappa shape index (κ3) is 6.13. The van der Waals surface area contributed by atoms with Gasteiger partial charge in [-0.25, -0.2) is 0 Å². The van der Waals surface area contributed by atoms with Crippen LogP contribution in [-0.2, 0) is 11.2 Å². The zero-order chi connectivity index (χ0) is 24.6. The molecule has 3 aromatic carbocycles. The molecule has 3 amide bonds. The Morgan fingerprint density at radius 2 is 1.37 bits per heavy atom. The summed E-state index contributed by atoms with van der Waals surface area (Å²) in [6.07, 6.45) is 0.852. The van der Waals surface area contributed by atoms with Crippen molar-refractivity contribution in [2.45, 2.75) is 13.3 Å². The minimum atomic E-state index is -0.258. The van der Waals surface area contributed by atoms with E-state index in [1.165, 1.54) is 0 Å². The molecule has 7 heteroatoms. The number of piperazine rings is 1. The van der Waals surface area contributed by atoms with E-state index in [1.807, 2.05) is 30.3 Å². The van der Waals surface area contributed by atoms with Gasteiger partial charge in [0, 0.05) is 37.4 Å². The Hall–Kier alpha value is -3.97. The summed E-state index contributed by atoms with van der Waals surface area (Å²) in [6.45, 7) is 4.58. The molecule has 0 atom stereocenters. The Balaban J connectivity index is 1.33. The second-order valence-electron chi connectivity index (χ2n) is 8.49. The molecule has 35 heavy (non-hydrogen) atoms. The monoisotopic (exact) mass is 470 g/mol. The molecule has 0 aliphatic carbocycles. The largest absolute Gasteiger partial charge is 0.336 e. The number of carbonyl (C=O) groups excluding carboxylic acids is 3. The standard InChI is InChI=1S/C28H30N4O3/c1-2-21-10-6-8-14-24(21)29-26(33)20-31-16-18-32(19-17-31)28(35)23-13-7-9-15-25(23)30-27(34)22-11-4-3-5-12-22/h3-15H,2,16-20H2,1H3,(H,29,33)(H,30,34). The highest BCUT2D eigenvalue weighted by atomic mass is 16.2. The molecule has 0 spiro atoms. The van der Waals surface area contributed by atoms with E-state index < -0.39 is 0 Å². The van der Waals surface area contributed by atoms with Crippen molar-refractivity contribution >= 4 is 29.1 Å².